The third-order valence-electron chi connectivity index (χ3n) is 5.67. The molecule has 3 aromatic carbocycles. The first-order valence-electron chi connectivity index (χ1n) is 9.88. The molecule has 1 N–H and O–H groups in total. The lowest BCUT2D eigenvalue weighted by molar-refractivity contribution is 0.0981. The third kappa shape index (κ3) is 3.59. The predicted octanol–water partition coefficient (Wildman–Crippen LogP) is 4.70. The molecule has 0 saturated heterocycles. The van der Waals surface area contributed by atoms with Crippen molar-refractivity contribution in [3.8, 4) is 0 Å². The number of carbonyl (C=O) groups is 1. The van der Waals surface area contributed by atoms with Gasteiger partial charge >= 0.3 is 0 Å². The SMILES string of the molecule is Cc1cccc(NS(=O)(=O)c2ccc3c(c2)C[C@@H](C)N3C(=O)c2ccccc2)c1C. The number of nitrogens with zero attached hydrogens (tertiary/aromatic N) is 1. The lowest BCUT2D eigenvalue weighted by atomic mass is 10.1. The summed E-state index contributed by atoms with van der Waals surface area (Å²) in [6.07, 6.45) is 0.612. The van der Waals surface area contributed by atoms with Gasteiger partial charge in [-0.05, 0) is 80.3 Å². The van der Waals surface area contributed by atoms with Crippen LogP contribution in [0.1, 0.15) is 34.0 Å². The normalized spacial score (nSPS) is 15.7. The number of benzene rings is 3. The molecule has 1 aliphatic heterocycles. The zero-order valence-electron chi connectivity index (χ0n) is 17.2. The van der Waals surface area contributed by atoms with Crippen LogP contribution < -0.4 is 9.62 Å². The van der Waals surface area contributed by atoms with Gasteiger partial charge in [-0.3, -0.25) is 9.52 Å². The Morgan fingerprint density at radius 2 is 1.73 bits per heavy atom. The van der Waals surface area contributed by atoms with E-state index in [1.54, 1.807) is 41.3 Å². The van der Waals surface area contributed by atoms with E-state index in [2.05, 4.69) is 4.72 Å². The molecule has 6 heteroatoms. The summed E-state index contributed by atoms with van der Waals surface area (Å²) in [6.45, 7) is 5.82. The summed E-state index contributed by atoms with van der Waals surface area (Å²) in [5.41, 5.74) is 4.73. The summed E-state index contributed by atoms with van der Waals surface area (Å²) in [5.74, 6) is -0.0778. The van der Waals surface area contributed by atoms with Gasteiger partial charge in [0.15, 0.2) is 0 Å². The molecule has 0 spiro atoms. The molecule has 154 valence electrons. The molecule has 0 radical (unpaired) electrons. The number of rotatable bonds is 4. The van der Waals surface area contributed by atoms with Gasteiger partial charge in [-0.15, -0.1) is 0 Å². The van der Waals surface area contributed by atoms with E-state index in [0.29, 0.717) is 17.7 Å². The van der Waals surface area contributed by atoms with Crippen LogP contribution in [0.3, 0.4) is 0 Å². The van der Waals surface area contributed by atoms with E-state index in [9.17, 15) is 13.2 Å². The van der Waals surface area contributed by atoms with Crippen molar-refractivity contribution in [2.45, 2.75) is 38.1 Å². The number of amides is 1. The molecule has 0 bridgehead atoms. The minimum atomic E-state index is -3.73. The highest BCUT2D eigenvalue weighted by Gasteiger charge is 2.32. The first-order valence-corrected chi connectivity index (χ1v) is 11.4. The number of carbonyl (C=O) groups excluding carboxylic acids is 1. The molecule has 4 rings (SSSR count). The summed E-state index contributed by atoms with van der Waals surface area (Å²) in [7, 11) is -3.73. The van der Waals surface area contributed by atoms with Crippen molar-refractivity contribution < 1.29 is 13.2 Å². The van der Waals surface area contributed by atoms with E-state index >= 15 is 0 Å². The van der Waals surface area contributed by atoms with Gasteiger partial charge in [-0.1, -0.05) is 30.3 Å². The quantitative estimate of drug-likeness (QED) is 0.666. The lowest BCUT2D eigenvalue weighted by Crippen LogP contribution is -2.35. The van der Waals surface area contributed by atoms with Crippen LogP contribution in [0.15, 0.2) is 71.6 Å². The van der Waals surface area contributed by atoms with Crippen LogP contribution >= 0.6 is 0 Å². The monoisotopic (exact) mass is 420 g/mol. The zero-order valence-corrected chi connectivity index (χ0v) is 18.0. The van der Waals surface area contributed by atoms with Crippen LogP contribution in [0.4, 0.5) is 11.4 Å². The number of anilines is 2. The summed E-state index contributed by atoms with van der Waals surface area (Å²) in [5, 5.41) is 0. The van der Waals surface area contributed by atoms with Crippen LogP contribution in [-0.2, 0) is 16.4 Å². The highest BCUT2D eigenvalue weighted by atomic mass is 32.2. The van der Waals surface area contributed by atoms with Crippen LogP contribution in [0.5, 0.6) is 0 Å². The Morgan fingerprint density at radius 3 is 2.47 bits per heavy atom. The highest BCUT2D eigenvalue weighted by Crippen LogP contribution is 2.35. The van der Waals surface area contributed by atoms with Gasteiger partial charge in [0.05, 0.1) is 10.6 Å². The maximum Gasteiger partial charge on any atom is 0.261 e. The van der Waals surface area contributed by atoms with E-state index in [1.165, 1.54) is 0 Å². The molecule has 0 saturated carbocycles. The van der Waals surface area contributed by atoms with Gasteiger partial charge in [-0.2, -0.15) is 0 Å². The lowest BCUT2D eigenvalue weighted by Gasteiger charge is -2.23. The average molecular weight is 421 g/mol. The van der Waals surface area contributed by atoms with Gasteiger partial charge in [-0.25, -0.2) is 8.42 Å². The Hall–Kier alpha value is -3.12. The van der Waals surface area contributed by atoms with Gasteiger partial charge in [0.1, 0.15) is 0 Å². The molecule has 1 atom stereocenters. The van der Waals surface area contributed by atoms with Gasteiger partial charge < -0.3 is 4.90 Å². The summed E-state index contributed by atoms with van der Waals surface area (Å²) >= 11 is 0. The molecule has 0 fully saturated rings. The van der Waals surface area contributed by atoms with Crippen molar-refractivity contribution in [3.63, 3.8) is 0 Å². The molecule has 1 aliphatic rings. The van der Waals surface area contributed by atoms with Crippen LogP contribution in [-0.4, -0.2) is 20.4 Å². The second-order valence-corrected chi connectivity index (χ2v) is 9.42. The van der Waals surface area contributed by atoms with Crippen LogP contribution in [0.2, 0.25) is 0 Å². The van der Waals surface area contributed by atoms with Crippen molar-refractivity contribution in [2.24, 2.45) is 0 Å². The maximum absolute atomic E-state index is 13.0. The Morgan fingerprint density at radius 1 is 1.00 bits per heavy atom. The van der Waals surface area contributed by atoms with Gasteiger partial charge in [0.25, 0.3) is 15.9 Å². The Kier molecular flexibility index (Phi) is 5.12. The van der Waals surface area contributed by atoms with E-state index in [0.717, 1.165) is 22.4 Å². The molecule has 1 amide bonds. The zero-order chi connectivity index (χ0) is 21.5. The Balaban J connectivity index is 1.65. The molecular formula is C24H24N2O3S. The van der Waals surface area contributed by atoms with Gasteiger partial charge in [0, 0.05) is 17.3 Å². The highest BCUT2D eigenvalue weighted by molar-refractivity contribution is 7.92. The molecule has 5 nitrogen and oxygen atoms in total. The fourth-order valence-corrected chi connectivity index (χ4v) is 5.04. The van der Waals surface area contributed by atoms with E-state index in [1.807, 2.05) is 51.1 Å². The van der Waals surface area contributed by atoms with Gasteiger partial charge in [0.2, 0.25) is 0 Å². The van der Waals surface area contributed by atoms with Crippen LogP contribution in [0, 0.1) is 13.8 Å². The predicted molar refractivity (Wildman–Crippen MR) is 120 cm³/mol. The van der Waals surface area contributed by atoms with E-state index < -0.39 is 10.0 Å². The molecule has 1 heterocycles. The molecule has 30 heavy (non-hydrogen) atoms. The largest absolute Gasteiger partial charge is 0.305 e. The minimum absolute atomic E-state index is 0.0439. The summed E-state index contributed by atoms with van der Waals surface area (Å²) in [6, 6.07) is 19.6. The first kappa shape index (κ1) is 20.2. The molecule has 3 aromatic rings. The summed E-state index contributed by atoms with van der Waals surface area (Å²) in [4.78, 5) is 15.0. The van der Waals surface area contributed by atoms with Crippen molar-refractivity contribution in [3.05, 3.63) is 89.0 Å². The number of aryl methyl sites for hydroxylation is 1. The van der Waals surface area contributed by atoms with Crippen molar-refractivity contribution >= 4 is 27.3 Å². The fourth-order valence-electron chi connectivity index (χ4n) is 3.87. The van der Waals surface area contributed by atoms with Crippen molar-refractivity contribution in [1.29, 1.82) is 0 Å². The maximum atomic E-state index is 13.0. The number of nitrogens with one attached hydrogen (secondary N) is 1. The number of fused-ring (bicyclic) bond motifs is 1. The fraction of sp³-hybridized carbons (Fsp3) is 0.208. The second-order valence-electron chi connectivity index (χ2n) is 7.74. The van der Waals surface area contributed by atoms with Crippen molar-refractivity contribution in [2.75, 3.05) is 9.62 Å². The van der Waals surface area contributed by atoms with Crippen LogP contribution in [0.25, 0.3) is 0 Å². The van der Waals surface area contributed by atoms with E-state index in [4.69, 9.17) is 0 Å². The average Bonchev–Trinajstić information content (AvgIpc) is 3.06. The minimum Gasteiger partial charge on any atom is -0.305 e. The van der Waals surface area contributed by atoms with Crippen molar-refractivity contribution in [1.82, 2.24) is 0 Å². The third-order valence-corrected chi connectivity index (χ3v) is 7.03. The number of hydrogen-bond donors (Lipinski definition) is 1. The topological polar surface area (TPSA) is 66.5 Å². The standard InChI is InChI=1S/C24H24N2O3S/c1-16-8-7-11-22(18(16)3)25-30(28,29)21-12-13-23-20(15-21)14-17(2)26(23)24(27)19-9-5-4-6-10-19/h4-13,15,17,25H,14H2,1-3H3/t17-/m1/s1. The molecule has 0 unspecified atom stereocenters. The molecular weight excluding hydrogens is 396 g/mol. The smallest absolute Gasteiger partial charge is 0.261 e. The summed E-state index contributed by atoms with van der Waals surface area (Å²) < 4.78 is 28.7. The number of hydrogen-bond acceptors (Lipinski definition) is 3. The molecule has 0 aromatic heterocycles. The molecule has 0 aliphatic carbocycles. The number of sulfonamides is 1. The Labute approximate surface area is 177 Å². The first-order chi connectivity index (χ1) is 14.3. The second kappa shape index (κ2) is 7.61. The van der Waals surface area contributed by atoms with E-state index in [-0.39, 0.29) is 16.8 Å². The Bertz CT molecular complexity index is 1220.